The summed E-state index contributed by atoms with van der Waals surface area (Å²) in [6.45, 7) is 13.3. The molecule has 1 aliphatic heterocycles. The van der Waals surface area contributed by atoms with Crippen LogP contribution in [0.15, 0.2) is 16.7 Å². The summed E-state index contributed by atoms with van der Waals surface area (Å²) in [4.78, 5) is 6.63. The van der Waals surface area contributed by atoms with Crippen molar-refractivity contribution in [1.82, 2.24) is 10.1 Å². The number of morpholine rings is 1. The molecule has 0 spiro atoms. The van der Waals surface area contributed by atoms with E-state index in [0.29, 0.717) is 31.0 Å². The number of hydrogen-bond acceptors (Lipinski definition) is 6. The molecule has 1 aliphatic rings. The van der Waals surface area contributed by atoms with Crippen LogP contribution in [0.1, 0.15) is 44.7 Å². The normalized spacial score (nSPS) is 14.3. The summed E-state index contributed by atoms with van der Waals surface area (Å²) in [5.41, 5.74) is 3.20. The Morgan fingerprint density at radius 3 is 2.44 bits per heavy atom. The first kappa shape index (κ1) is 19.2. The van der Waals surface area contributed by atoms with Crippen LogP contribution in [0.25, 0.3) is 11.5 Å². The Kier molecular flexibility index (Phi) is 6.82. The van der Waals surface area contributed by atoms with E-state index in [4.69, 9.17) is 14.0 Å². The summed E-state index contributed by atoms with van der Waals surface area (Å²) in [5.74, 6) is 2.39. The first-order chi connectivity index (χ1) is 12.1. The Hall–Kier alpha value is -2.08. The maximum atomic E-state index is 5.53. The van der Waals surface area contributed by atoms with E-state index in [1.807, 2.05) is 19.9 Å². The SMILES string of the molecule is CC.COc1cc(-c2nc(N3CCOCC3)no2)c(C)cc1C(C)C. The zero-order valence-electron chi connectivity index (χ0n) is 16.1. The smallest absolute Gasteiger partial charge is 0.266 e. The van der Waals surface area contributed by atoms with E-state index < -0.39 is 0 Å². The lowest BCUT2D eigenvalue weighted by Gasteiger charge is -2.24. The van der Waals surface area contributed by atoms with Gasteiger partial charge in [-0.15, -0.1) is 0 Å². The predicted octanol–water partition coefficient (Wildman–Crippen LogP) is 4.04. The van der Waals surface area contributed by atoms with Crippen molar-refractivity contribution in [3.8, 4) is 17.2 Å². The van der Waals surface area contributed by atoms with Gasteiger partial charge in [-0.2, -0.15) is 4.98 Å². The number of rotatable bonds is 4. The number of aryl methyl sites for hydroxylation is 1. The number of anilines is 1. The fourth-order valence-electron chi connectivity index (χ4n) is 2.79. The molecule has 0 N–H and O–H groups in total. The van der Waals surface area contributed by atoms with E-state index in [1.165, 1.54) is 5.56 Å². The number of nitrogens with zero attached hydrogens (tertiary/aromatic N) is 3. The van der Waals surface area contributed by atoms with E-state index in [-0.39, 0.29) is 0 Å². The van der Waals surface area contributed by atoms with Crippen LogP contribution in [0.4, 0.5) is 5.95 Å². The van der Waals surface area contributed by atoms with Crippen LogP contribution >= 0.6 is 0 Å². The molecule has 0 radical (unpaired) electrons. The Morgan fingerprint density at radius 1 is 1.16 bits per heavy atom. The molecule has 6 heteroatoms. The molecule has 0 aliphatic carbocycles. The van der Waals surface area contributed by atoms with Crippen LogP contribution in [-0.2, 0) is 4.74 Å². The van der Waals surface area contributed by atoms with Gasteiger partial charge in [-0.1, -0.05) is 33.8 Å². The number of benzene rings is 1. The molecule has 138 valence electrons. The van der Waals surface area contributed by atoms with Gasteiger partial charge in [0.25, 0.3) is 11.8 Å². The summed E-state index contributed by atoms with van der Waals surface area (Å²) >= 11 is 0. The van der Waals surface area contributed by atoms with Crippen molar-refractivity contribution in [2.75, 3.05) is 38.3 Å². The summed E-state index contributed by atoms with van der Waals surface area (Å²) in [5, 5.41) is 4.11. The van der Waals surface area contributed by atoms with E-state index in [0.717, 1.165) is 30.0 Å². The molecule has 25 heavy (non-hydrogen) atoms. The van der Waals surface area contributed by atoms with E-state index in [9.17, 15) is 0 Å². The van der Waals surface area contributed by atoms with Crippen LogP contribution in [-0.4, -0.2) is 43.6 Å². The van der Waals surface area contributed by atoms with Gasteiger partial charge in [0.15, 0.2) is 0 Å². The highest BCUT2D eigenvalue weighted by molar-refractivity contribution is 5.64. The lowest BCUT2D eigenvalue weighted by Crippen LogP contribution is -2.36. The van der Waals surface area contributed by atoms with Crippen molar-refractivity contribution in [2.45, 2.75) is 40.5 Å². The first-order valence-corrected chi connectivity index (χ1v) is 8.95. The molecule has 6 nitrogen and oxygen atoms in total. The van der Waals surface area contributed by atoms with Gasteiger partial charge in [0.2, 0.25) is 0 Å². The van der Waals surface area contributed by atoms with Crippen molar-refractivity contribution in [2.24, 2.45) is 0 Å². The van der Waals surface area contributed by atoms with Gasteiger partial charge < -0.3 is 18.9 Å². The second-order valence-corrected chi connectivity index (χ2v) is 6.06. The lowest BCUT2D eigenvalue weighted by molar-refractivity contribution is 0.121. The monoisotopic (exact) mass is 347 g/mol. The van der Waals surface area contributed by atoms with Gasteiger partial charge in [0, 0.05) is 18.7 Å². The molecule has 0 bridgehead atoms. The zero-order valence-corrected chi connectivity index (χ0v) is 16.1. The van der Waals surface area contributed by atoms with Gasteiger partial charge in [-0.25, -0.2) is 0 Å². The van der Waals surface area contributed by atoms with Crippen LogP contribution in [0.2, 0.25) is 0 Å². The van der Waals surface area contributed by atoms with Crippen molar-refractivity contribution >= 4 is 5.95 Å². The summed E-state index contributed by atoms with van der Waals surface area (Å²) in [6.07, 6.45) is 0. The Morgan fingerprint density at radius 2 is 1.84 bits per heavy atom. The Balaban J connectivity index is 0.00000109. The Labute approximate surface area is 150 Å². The predicted molar refractivity (Wildman–Crippen MR) is 99.5 cm³/mol. The third-order valence-corrected chi connectivity index (χ3v) is 4.14. The molecule has 0 amide bonds. The molecule has 1 fully saturated rings. The standard InChI is InChI=1S/C17H23N3O3.C2H6/c1-11(2)13-9-12(3)14(10-15(13)21-4)16-18-17(19-23-16)20-5-7-22-8-6-20;1-2/h9-11H,5-8H2,1-4H3;1-2H3. The fourth-order valence-corrected chi connectivity index (χ4v) is 2.79. The molecule has 1 aromatic heterocycles. The minimum atomic E-state index is 0.393. The van der Waals surface area contributed by atoms with Gasteiger partial charge in [0.1, 0.15) is 5.75 Å². The summed E-state index contributed by atoms with van der Waals surface area (Å²) in [7, 11) is 1.69. The number of ether oxygens (including phenoxy) is 2. The van der Waals surface area contributed by atoms with E-state index >= 15 is 0 Å². The summed E-state index contributed by atoms with van der Waals surface area (Å²) < 4.78 is 16.4. The van der Waals surface area contributed by atoms with E-state index in [2.05, 4.69) is 41.9 Å². The minimum Gasteiger partial charge on any atom is -0.496 e. The number of methoxy groups -OCH3 is 1. The molecule has 2 heterocycles. The molecular weight excluding hydrogens is 318 g/mol. The van der Waals surface area contributed by atoms with Crippen LogP contribution in [0.5, 0.6) is 5.75 Å². The van der Waals surface area contributed by atoms with Crippen molar-refractivity contribution in [1.29, 1.82) is 0 Å². The third-order valence-electron chi connectivity index (χ3n) is 4.14. The zero-order chi connectivity index (χ0) is 18.4. The van der Waals surface area contributed by atoms with Gasteiger partial charge in [-0.3, -0.25) is 0 Å². The molecule has 0 atom stereocenters. The fraction of sp³-hybridized carbons (Fsp3) is 0.579. The molecule has 2 aromatic rings. The third kappa shape index (κ3) is 4.31. The van der Waals surface area contributed by atoms with Gasteiger partial charge in [0.05, 0.1) is 20.3 Å². The lowest BCUT2D eigenvalue weighted by atomic mass is 9.96. The minimum absolute atomic E-state index is 0.393. The van der Waals surface area contributed by atoms with Crippen molar-refractivity contribution < 1.29 is 14.0 Å². The molecular formula is C19H29N3O3. The van der Waals surface area contributed by atoms with E-state index in [1.54, 1.807) is 7.11 Å². The topological polar surface area (TPSA) is 60.6 Å². The molecule has 0 unspecified atom stereocenters. The first-order valence-electron chi connectivity index (χ1n) is 8.95. The maximum Gasteiger partial charge on any atom is 0.266 e. The van der Waals surface area contributed by atoms with Crippen LogP contribution in [0, 0.1) is 6.92 Å². The summed E-state index contributed by atoms with van der Waals surface area (Å²) in [6, 6.07) is 4.12. The molecule has 1 saturated heterocycles. The molecule has 1 aromatic carbocycles. The number of hydrogen-bond donors (Lipinski definition) is 0. The van der Waals surface area contributed by atoms with Crippen LogP contribution < -0.4 is 9.64 Å². The van der Waals surface area contributed by atoms with Crippen LogP contribution in [0.3, 0.4) is 0 Å². The largest absolute Gasteiger partial charge is 0.496 e. The second-order valence-electron chi connectivity index (χ2n) is 6.06. The van der Waals surface area contributed by atoms with Gasteiger partial charge in [-0.05, 0) is 35.2 Å². The highest BCUT2D eigenvalue weighted by Gasteiger charge is 2.20. The molecule has 3 rings (SSSR count). The Bertz CT molecular complexity index is 677. The highest BCUT2D eigenvalue weighted by atomic mass is 16.5. The average molecular weight is 347 g/mol. The van der Waals surface area contributed by atoms with Crippen molar-refractivity contribution in [3.63, 3.8) is 0 Å². The maximum absolute atomic E-state index is 5.53. The highest BCUT2D eigenvalue weighted by Crippen LogP contribution is 2.34. The quantitative estimate of drug-likeness (QED) is 0.832. The average Bonchev–Trinajstić information content (AvgIpc) is 3.13. The molecule has 0 saturated carbocycles. The number of aromatic nitrogens is 2. The second kappa shape index (κ2) is 8.85. The van der Waals surface area contributed by atoms with Crippen molar-refractivity contribution in [3.05, 3.63) is 23.3 Å². The van der Waals surface area contributed by atoms with Gasteiger partial charge >= 0.3 is 0 Å².